The van der Waals surface area contributed by atoms with Gasteiger partial charge in [-0.05, 0) is 12.1 Å². The first-order chi connectivity index (χ1) is 8.31. The lowest BCUT2D eigenvalue weighted by Gasteiger charge is -1.96. The van der Waals surface area contributed by atoms with Crippen LogP contribution in [0.2, 0.25) is 0 Å². The molecule has 7 heteroatoms. The van der Waals surface area contributed by atoms with Crippen molar-refractivity contribution in [3.05, 3.63) is 42.4 Å². The molecule has 0 radical (unpaired) electrons. The summed E-state index contributed by atoms with van der Waals surface area (Å²) in [6.45, 7) is 0.492. The number of hydrogen-bond donors (Lipinski definition) is 2. The molecule has 0 amide bonds. The van der Waals surface area contributed by atoms with Crippen LogP contribution in [0.25, 0.3) is 5.65 Å². The predicted octanol–water partition coefficient (Wildman–Crippen LogP) is 1.20. The third-order valence-electron chi connectivity index (χ3n) is 2.26. The average Bonchev–Trinajstić information content (AvgIpc) is 2.94. The van der Waals surface area contributed by atoms with Crippen LogP contribution in [0.4, 0.5) is 10.3 Å². The maximum atomic E-state index is 12.9. The predicted molar refractivity (Wildman–Crippen MR) is 58.9 cm³/mol. The van der Waals surface area contributed by atoms with Gasteiger partial charge in [0.05, 0.1) is 12.7 Å². The van der Waals surface area contributed by atoms with E-state index in [1.54, 1.807) is 18.5 Å². The zero-order valence-electron chi connectivity index (χ0n) is 8.76. The van der Waals surface area contributed by atoms with Gasteiger partial charge in [0.25, 0.3) is 0 Å². The molecule has 0 saturated heterocycles. The molecule has 0 saturated carbocycles. The van der Waals surface area contributed by atoms with Crippen LogP contribution in [-0.4, -0.2) is 24.6 Å². The van der Waals surface area contributed by atoms with Gasteiger partial charge in [-0.25, -0.2) is 13.9 Å². The van der Waals surface area contributed by atoms with E-state index in [4.69, 9.17) is 0 Å². The Kier molecular flexibility index (Phi) is 2.21. The van der Waals surface area contributed by atoms with Gasteiger partial charge in [-0.3, -0.25) is 0 Å². The van der Waals surface area contributed by atoms with Crippen LogP contribution in [0.1, 0.15) is 5.82 Å². The number of aromatic amines is 1. The molecule has 0 spiro atoms. The molecule has 0 atom stereocenters. The fourth-order valence-electron chi connectivity index (χ4n) is 1.49. The summed E-state index contributed by atoms with van der Waals surface area (Å²) >= 11 is 0. The molecule has 0 bridgehead atoms. The highest BCUT2D eigenvalue weighted by Crippen LogP contribution is 2.07. The van der Waals surface area contributed by atoms with Crippen molar-refractivity contribution in [3.63, 3.8) is 0 Å². The molecular formula is C10H9FN6. The lowest BCUT2D eigenvalue weighted by Crippen LogP contribution is -2.02. The van der Waals surface area contributed by atoms with Crippen LogP contribution < -0.4 is 5.32 Å². The minimum absolute atomic E-state index is 0.347. The third kappa shape index (κ3) is 1.94. The first kappa shape index (κ1) is 9.76. The number of rotatable bonds is 3. The van der Waals surface area contributed by atoms with Crippen molar-refractivity contribution in [2.75, 3.05) is 5.32 Å². The molecule has 3 aromatic heterocycles. The standard InChI is InChI=1S/C10H9FN6/c11-7-1-2-9-15-10(16-17(9)6-7)14-5-8-12-3-4-13-8/h1-4,6H,5H2,(H,12,13)(H,14,16). The van der Waals surface area contributed by atoms with Crippen molar-refractivity contribution in [1.29, 1.82) is 0 Å². The summed E-state index contributed by atoms with van der Waals surface area (Å²) in [5.41, 5.74) is 0.591. The Hall–Kier alpha value is -2.44. The fourth-order valence-corrected chi connectivity index (χ4v) is 1.49. The van der Waals surface area contributed by atoms with E-state index < -0.39 is 0 Å². The normalized spacial score (nSPS) is 10.9. The van der Waals surface area contributed by atoms with Gasteiger partial charge in [0, 0.05) is 12.4 Å². The topological polar surface area (TPSA) is 70.9 Å². The molecule has 0 unspecified atom stereocenters. The number of halogens is 1. The van der Waals surface area contributed by atoms with E-state index in [9.17, 15) is 4.39 Å². The van der Waals surface area contributed by atoms with Crippen molar-refractivity contribution in [3.8, 4) is 0 Å². The summed E-state index contributed by atoms with van der Waals surface area (Å²) in [5, 5.41) is 7.08. The summed E-state index contributed by atoms with van der Waals surface area (Å²) < 4.78 is 14.3. The molecule has 86 valence electrons. The highest BCUT2D eigenvalue weighted by Gasteiger charge is 2.04. The molecule has 0 fully saturated rings. The number of fused-ring (bicyclic) bond motifs is 1. The highest BCUT2D eigenvalue weighted by atomic mass is 19.1. The van der Waals surface area contributed by atoms with Crippen molar-refractivity contribution >= 4 is 11.6 Å². The fraction of sp³-hybridized carbons (Fsp3) is 0.100. The summed E-state index contributed by atoms with van der Waals surface area (Å²) in [7, 11) is 0. The molecule has 0 aliphatic rings. The van der Waals surface area contributed by atoms with Crippen LogP contribution in [0, 0.1) is 5.82 Å². The summed E-state index contributed by atoms with van der Waals surface area (Å²) in [6, 6.07) is 2.92. The number of nitrogens with zero attached hydrogens (tertiary/aromatic N) is 4. The van der Waals surface area contributed by atoms with Gasteiger partial charge in [0.1, 0.15) is 11.6 Å². The number of H-pyrrole nitrogens is 1. The van der Waals surface area contributed by atoms with Crippen LogP contribution >= 0.6 is 0 Å². The second kappa shape index (κ2) is 3.85. The van der Waals surface area contributed by atoms with E-state index in [0.29, 0.717) is 18.1 Å². The van der Waals surface area contributed by atoms with E-state index in [2.05, 4.69) is 25.4 Å². The average molecular weight is 232 g/mol. The number of pyridine rings is 1. The Balaban J connectivity index is 1.81. The molecule has 3 aromatic rings. The van der Waals surface area contributed by atoms with Crippen LogP contribution in [0.5, 0.6) is 0 Å². The molecule has 0 aromatic carbocycles. The molecule has 0 aliphatic heterocycles. The smallest absolute Gasteiger partial charge is 0.243 e. The van der Waals surface area contributed by atoms with Gasteiger partial charge in [-0.1, -0.05) is 0 Å². The maximum absolute atomic E-state index is 12.9. The van der Waals surface area contributed by atoms with Crippen molar-refractivity contribution < 1.29 is 4.39 Å². The molecule has 17 heavy (non-hydrogen) atoms. The Morgan fingerprint density at radius 3 is 3.18 bits per heavy atom. The SMILES string of the molecule is Fc1ccc2nc(NCc3ncc[nH]3)nn2c1. The minimum atomic E-state index is -0.347. The first-order valence-electron chi connectivity index (χ1n) is 5.05. The van der Waals surface area contributed by atoms with Crippen LogP contribution in [0.3, 0.4) is 0 Å². The Bertz CT molecular complexity index is 629. The zero-order valence-corrected chi connectivity index (χ0v) is 8.76. The number of nitrogens with one attached hydrogen (secondary N) is 2. The van der Waals surface area contributed by atoms with Gasteiger partial charge < -0.3 is 10.3 Å². The van der Waals surface area contributed by atoms with E-state index >= 15 is 0 Å². The van der Waals surface area contributed by atoms with Crippen LogP contribution in [0.15, 0.2) is 30.7 Å². The van der Waals surface area contributed by atoms with Gasteiger partial charge in [0.15, 0.2) is 5.65 Å². The summed E-state index contributed by atoms with van der Waals surface area (Å²) in [5.74, 6) is 0.877. The quantitative estimate of drug-likeness (QED) is 0.712. The van der Waals surface area contributed by atoms with Crippen LogP contribution in [-0.2, 0) is 6.54 Å². The molecule has 3 heterocycles. The highest BCUT2D eigenvalue weighted by molar-refractivity contribution is 5.43. The third-order valence-corrected chi connectivity index (χ3v) is 2.26. The monoisotopic (exact) mass is 232 g/mol. The molecule has 6 nitrogen and oxygen atoms in total. The Morgan fingerprint density at radius 2 is 2.35 bits per heavy atom. The van der Waals surface area contributed by atoms with Crippen molar-refractivity contribution in [2.24, 2.45) is 0 Å². The molecular weight excluding hydrogens is 223 g/mol. The Labute approximate surface area is 95.5 Å². The largest absolute Gasteiger partial charge is 0.347 e. The number of hydrogen-bond acceptors (Lipinski definition) is 4. The molecule has 0 aliphatic carbocycles. The van der Waals surface area contributed by atoms with E-state index in [-0.39, 0.29) is 5.82 Å². The second-order valence-corrected chi connectivity index (χ2v) is 3.47. The molecule has 2 N–H and O–H groups in total. The second-order valence-electron chi connectivity index (χ2n) is 3.47. The number of aromatic nitrogens is 5. The maximum Gasteiger partial charge on any atom is 0.243 e. The van der Waals surface area contributed by atoms with E-state index in [1.807, 2.05) is 0 Å². The van der Waals surface area contributed by atoms with E-state index in [1.165, 1.54) is 16.8 Å². The Morgan fingerprint density at radius 1 is 1.41 bits per heavy atom. The summed E-state index contributed by atoms with van der Waals surface area (Å²) in [4.78, 5) is 11.2. The van der Waals surface area contributed by atoms with Gasteiger partial charge in [0.2, 0.25) is 5.95 Å². The van der Waals surface area contributed by atoms with Crippen molar-refractivity contribution in [2.45, 2.75) is 6.54 Å². The summed E-state index contributed by atoms with van der Waals surface area (Å²) in [6.07, 6.45) is 4.69. The minimum Gasteiger partial charge on any atom is -0.347 e. The van der Waals surface area contributed by atoms with Gasteiger partial charge >= 0.3 is 0 Å². The number of anilines is 1. The van der Waals surface area contributed by atoms with E-state index in [0.717, 1.165) is 5.82 Å². The van der Waals surface area contributed by atoms with Crippen molar-refractivity contribution in [1.82, 2.24) is 24.6 Å². The lowest BCUT2D eigenvalue weighted by molar-refractivity contribution is 0.615. The first-order valence-corrected chi connectivity index (χ1v) is 5.05. The number of imidazole rings is 1. The van der Waals surface area contributed by atoms with Gasteiger partial charge in [-0.2, -0.15) is 4.98 Å². The van der Waals surface area contributed by atoms with Gasteiger partial charge in [-0.15, -0.1) is 5.10 Å². The lowest BCUT2D eigenvalue weighted by atomic mass is 10.5. The molecule has 3 rings (SSSR count). The zero-order chi connectivity index (χ0) is 11.7.